The van der Waals surface area contributed by atoms with Crippen molar-refractivity contribution in [3.8, 4) is 17.0 Å². The van der Waals surface area contributed by atoms with Gasteiger partial charge in [0, 0.05) is 23.3 Å². The number of nitrogens with zero attached hydrogens (tertiary/aromatic N) is 2. The minimum Gasteiger partial charge on any atom is -0.434 e. The third-order valence-electron chi connectivity index (χ3n) is 3.03. The molecule has 2 heterocycles. The number of pyridine rings is 1. The number of amides is 1. The van der Waals surface area contributed by atoms with Gasteiger partial charge in [-0.2, -0.15) is 8.78 Å². The molecule has 1 N–H and O–H groups in total. The molecule has 0 bridgehead atoms. The van der Waals surface area contributed by atoms with Crippen molar-refractivity contribution in [2.24, 2.45) is 0 Å². The number of alkyl halides is 2. The third-order valence-corrected chi connectivity index (χ3v) is 3.79. The van der Waals surface area contributed by atoms with Crippen molar-refractivity contribution in [3.63, 3.8) is 0 Å². The molecule has 0 spiro atoms. The summed E-state index contributed by atoms with van der Waals surface area (Å²) in [7, 11) is 0. The summed E-state index contributed by atoms with van der Waals surface area (Å²) in [5.41, 5.74) is 1.27. The van der Waals surface area contributed by atoms with E-state index in [9.17, 15) is 13.6 Å². The van der Waals surface area contributed by atoms with Crippen LogP contribution in [0, 0.1) is 0 Å². The largest absolute Gasteiger partial charge is 0.434 e. The van der Waals surface area contributed by atoms with E-state index in [1.54, 1.807) is 41.9 Å². The van der Waals surface area contributed by atoms with Crippen LogP contribution in [0.3, 0.4) is 0 Å². The molecule has 0 saturated carbocycles. The van der Waals surface area contributed by atoms with Gasteiger partial charge in [-0.15, -0.1) is 11.3 Å². The van der Waals surface area contributed by atoms with Crippen molar-refractivity contribution in [2.45, 2.75) is 6.61 Å². The number of para-hydroxylation sites is 1. The Bertz CT molecular complexity index is 840. The highest BCUT2D eigenvalue weighted by atomic mass is 32.1. The Morgan fingerprint density at radius 1 is 1.21 bits per heavy atom. The van der Waals surface area contributed by atoms with E-state index in [4.69, 9.17) is 0 Å². The standard InChI is InChI=1S/C16H11F2N3O2S/c17-15(18)23-13-6-2-1-5-11(13)12-9-24-16(20-12)21-14(22)10-4-3-7-19-8-10/h1-9,15H,(H,20,21,22). The van der Waals surface area contributed by atoms with Gasteiger partial charge in [0.2, 0.25) is 0 Å². The number of carbonyl (C=O) groups is 1. The van der Waals surface area contributed by atoms with Crippen LogP contribution in [0.25, 0.3) is 11.3 Å². The van der Waals surface area contributed by atoms with Gasteiger partial charge in [-0.3, -0.25) is 15.1 Å². The van der Waals surface area contributed by atoms with E-state index in [0.717, 1.165) is 0 Å². The average Bonchev–Trinajstić information content (AvgIpc) is 3.04. The maximum absolute atomic E-state index is 12.5. The molecule has 1 amide bonds. The van der Waals surface area contributed by atoms with Crippen molar-refractivity contribution >= 4 is 22.4 Å². The summed E-state index contributed by atoms with van der Waals surface area (Å²) in [6, 6.07) is 9.64. The molecule has 2 aromatic heterocycles. The molecule has 3 aromatic rings. The second kappa shape index (κ2) is 7.14. The van der Waals surface area contributed by atoms with Crippen LogP contribution < -0.4 is 10.1 Å². The number of aromatic nitrogens is 2. The molecular weight excluding hydrogens is 336 g/mol. The van der Waals surface area contributed by atoms with Crippen LogP contribution in [-0.2, 0) is 0 Å². The lowest BCUT2D eigenvalue weighted by molar-refractivity contribution is -0.0494. The number of carbonyl (C=O) groups excluding carboxylic acids is 1. The van der Waals surface area contributed by atoms with E-state index in [1.807, 2.05) is 0 Å². The van der Waals surface area contributed by atoms with Gasteiger partial charge in [0.15, 0.2) is 5.13 Å². The lowest BCUT2D eigenvalue weighted by Gasteiger charge is -2.08. The number of halogens is 2. The van der Waals surface area contributed by atoms with Gasteiger partial charge >= 0.3 is 6.61 Å². The van der Waals surface area contributed by atoms with Crippen LogP contribution in [-0.4, -0.2) is 22.5 Å². The molecule has 0 saturated heterocycles. The molecule has 1 aromatic carbocycles. The summed E-state index contributed by atoms with van der Waals surface area (Å²) in [5.74, 6) is -0.316. The lowest BCUT2D eigenvalue weighted by Crippen LogP contribution is -2.11. The van der Waals surface area contributed by atoms with Gasteiger partial charge in [-0.1, -0.05) is 12.1 Å². The number of thiazole rings is 1. The Morgan fingerprint density at radius 2 is 2.04 bits per heavy atom. The Balaban J connectivity index is 1.80. The highest BCUT2D eigenvalue weighted by Crippen LogP contribution is 2.33. The van der Waals surface area contributed by atoms with Crippen molar-refractivity contribution in [3.05, 3.63) is 59.7 Å². The summed E-state index contributed by atoms with van der Waals surface area (Å²) in [6.45, 7) is -2.92. The molecule has 8 heteroatoms. The predicted molar refractivity (Wildman–Crippen MR) is 86.4 cm³/mol. The van der Waals surface area contributed by atoms with E-state index in [2.05, 4.69) is 20.0 Å². The molecule has 5 nitrogen and oxygen atoms in total. The molecule has 0 aliphatic heterocycles. The molecule has 122 valence electrons. The Morgan fingerprint density at radius 3 is 2.79 bits per heavy atom. The van der Waals surface area contributed by atoms with Gasteiger partial charge in [0.25, 0.3) is 5.91 Å². The Kier molecular flexibility index (Phi) is 4.76. The number of nitrogens with one attached hydrogen (secondary N) is 1. The molecule has 0 aliphatic rings. The molecule has 0 radical (unpaired) electrons. The summed E-state index contributed by atoms with van der Waals surface area (Å²) < 4.78 is 29.5. The predicted octanol–water partition coefficient (Wildman–Crippen LogP) is 4.06. The maximum atomic E-state index is 12.5. The SMILES string of the molecule is O=C(Nc1nc(-c2ccccc2OC(F)F)cs1)c1cccnc1. The van der Waals surface area contributed by atoms with Crippen molar-refractivity contribution in [2.75, 3.05) is 5.32 Å². The van der Waals surface area contributed by atoms with Crippen LogP contribution in [0.1, 0.15) is 10.4 Å². The molecular formula is C16H11F2N3O2S. The van der Waals surface area contributed by atoms with E-state index in [-0.39, 0.29) is 11.7 Å². The first-order chi connectivity index (χ1) is 11.6. The second-order valence-electron chi connectivity index (χ2n) is 4.61. The topological polar surface area (TPSA) is 64.1 Å². The fourth-order valence-corrected chi connectivity index (χ4v) is 2.70. The van der Waals surface area contributed by atoms with Gasteiger partial charge in [-0.05, 0) is 24.3 Å². The minimum atomic E-state index is -2.92. The van der Waals surface area contributed by atoms with Crippen LogP contribution >= 0.6 is 11.3 Å². The van der Waals surface area contributed by atoms with Gasteiger partial charge in [-0.25, -0.2) is 4.98 Å². The average molecular weight is 347 g/mol. The number of benzene rings is 1. The number of hydrogen-bond acceptors (Lipinski definition) is 5. The first kappa shape index (κ1) is 16.0. The first-order valence-corrected chi connectivity index (χ1v) is 7.72. The van der Waals surface area contributed by atoms with Crippen LogP contribution in [0.4, 0.5) is 13.9 Å². The van der Waals surface area contributed by atoms with Gasteiger partial charge in [0.1, 0.15) is 5.75 Å². The fraction of sp³-hybridized carbons (Fsp3) is 0.0625. The quantitative estimate of drug-likeness (QED) is 0.756. The first-order valence-electron chi connectivity index (χ1n) is 6.84. The highest BCUT2D eigenvalue weighted by molar-refractivity contribution is 7.14. The molecule has 0 unspecified atom stereocenters. The summed E-state index contributed by atoms with van der Waals surface area (Å²) in [5, 5.41) is 4.66. The minimum absolute atomic E-state index is 0.0305. The van der Waals surface area contributed by atoms with Gasteiger partial charge in [0.05, 0.1) is 11.3 Å². The van der Waals surface area contributed by atoms with Crippen LogP contribution in [0.5, 0.6) is 5.75 Å². The van der Waals surface area contributed by atoms with E-state index in [1.165, 1.54) is 23.6 Å². The zero-order valence-electron chi connectivity index (χ0n) is 12.1. The van der Waals surface area contributed by atoms with Crippen molar-refractivity contribution in [1.29, 1.82) is 0 Å². The Hall–Kier alpha value is -2.87. The molecule has 0 atom stereocenters. The molecule has 3 rings (SSSR count). The number of rotatable bonds is 5. The third kappa shape index (κ3) is 3.72. The van der Waals surface area contributed by atoms with Crippen LogP contribution in [0.2, 0.25) is 0 Å². The molecule has 0 aliphatic carbocycles. The summed E-state index contributed by atoms with van der Waals surface area (Å²) >= 11 is 1.19. The van der Waals surface area contributed by atoms with Crippen molar-refractivity contribution < 1.29 is 18.3 Å². The Labute approximate surface area is 140 Å². The second-order valence-corrected chi connectivity index (χ2v) is 5.47. The monoisotopic (exact) mass is 347 g/mol. The molecule has 0 fully saturated rings. The van der Waals surface area contributed by atoms with E-state index in [0.29, 0.717) is 22.0 Å². The van der Waals surface area contributed by atoms with Crippen LogP contribution in [0.15, 0.2) is 54.2 Å². The molecule has 24 heavy (non-hydrogen) atoms. The van der Waals surface area contributed by atoms with E-state index >= 15 is 0 Å². The lowest BCUT2D eigenvalue weighted by atomic mass is 10.1. The zero-order valence-corrected chi connectivity index (χ0v) is 13.0. The zero-order chi connectivity index (χ0) is 16.9. The number of hydrogen-bond donors (Lipinski definition) is 1. The highest BCUT2D eigenvalue weighted by Gasteiger charge is 2.14. The maximum Gasteiger partial charge on any atom is 0.387 e. The number of anilines is 1. The smallest absolute Gasteiger partial charge is 0.387 e. The fourth-order valence-electron chi connectivity index (χ4n) is 2.00. The van der Waals surface area contributed by atoms with Gasteiger partial charge < -0.3 is 4.74 Å². The van der Waals surface area contributed by atoms with Crippen molar-refractivity contribution in [1.82, 2.24) is 9.97 Å². The summed E-state index contributed by atoms with van der Waals surface area (Å²) in [6.07, 6.45) is 3.01. The van der Waals surface area contributed by atoms with E-state index < -0.39 is 6.61 Å². The normalized spacial score (nSPS) is 10.6. The summed E-state index contributed by atoms with van der Waals surface area (Å²) in [4.78, 5) is 20.2. The number of ether oxygens (including phenoxy) is 1.